The summed E-state index contributed by atoms with van der Waals surface area (Å²) < 4.78 is 5.39. The van der Waals surface area contributed by atoms with Gasteiger partial charge in [0.1, 0.15) is 5.58 Å². The summed E-state index contributed by atoms with van der Waals surface area (Å²) in [7, 11) is 0. The van der Waals surface area contributed by atoms with Crippen LogP contribution in [0.15, 0.2) is 51.7 Å². The van der Waals surface area contributed by atoms with Gasteiger partial charge in [-0.25, -0.2) is 4.79 Å². The molecule has 144 valence electrons. The van der Waals surface area contributed by atoms with Crippen LogP contribution in [0.25, 0.3) is 11.0 Å². The number of fused-ring (bicyclic) bond motifs is 2. The molecule has 1 N–H and O–H groups in total. The Balaban J connectivity index is 1.69. The normalized spacial score (nSPS) is 33.0. The zero-order chi connectivity index (χ0) is 19.4. The van der Waals surface area contributed by atoms with Crippen molar-refractivity contribution in [3.8, 4) is 0 Å². The maximum Gasteiger partial charge on any atom is 0.336 e. The molecular weight excluding hydrogens is 336 g/mol. The first-order valence-corrected chi connectivity index (χ1v) is 10.1. The van der Waals surface area contributed by atoms with E-state index in [9.17, 15) is 9.90 Å². The molecule has 0 aliphatic heterocycles. The zero-order valence-corrected chi connectivity index (χ0v) is 16.6. The summed E-state index contributed by atoms with van der Waals surface area (Å²) in [6, 6.07) is 9.47. The van der Waals surface area contributed by atoms with Crippen molar-refractivity contribution in [3.63, 3.8) is 0 Å². The fourth-order valence-electron chi connectivity index (χ4n) is 6.01. The molecule has 2 fully saturated rings. The third-order valence-electron chi connectivity index (χ3n) is 7.68. The SMILES string of the molecule is C=C1CC[C@@H]2C(C)(C)[C@H](O)CC[C@@]2(C)[C@@H]1Cc1ccc2ccc(=O)oc2c1. The van der Waals surface area contributed by atoms with E-state index in [1.807, 2.05) is 18.2 Å². The molecule has 2 aromatic rings. The van der Waals surface area contributed by atoms with Gasteiger partial charge in [-0.1, -0.05) is 45.1 Å². The number of allylic oxidation sites excluding steroid dienone is 1. The molecule has 0 radical (unpaired) electrons. The van der Waals surface area contributed by atoms with E-state index in [0.29, 0.717) is 17.4 Å². The second kappa shape index (κ2) is 6.34. The lowest BCUT2D eigenvalue weighted by Crippen LogP contribution is -2.55. The van der Waals surface area contributed by atoms with E-state index in [4.69, 9.17) is 4.42 Å². The predicted molar refractivity (Wildman–Crippen MR) is 109 cm³/mol. The van der Waals surface area contributed by atoms with E-state index in [2.05, 4.69) is 33.4 Å². The van der Waals surface area contributed by atoms with Crippen LogP contribution in [0.4, 0.5) is 0 Å². The quantitative estimate of drug-likeness (QED) is 0.594. The number of hydrogen-bond acceptors (Lipinski definition) is 3. The van der Waals surface area contributed by atoms with E-state index >= 15 is 0 Å². The van der Waals surface area contributed by atoms with Gasteiger partial charge in [-0.2, -0.15) is 0 Å². The Morgan fingerprint density at radius 1 is 1.19 bits per heavy atom. The molecule has 27 heavy (non-hydrogen) atoms. The number of rotatable bonds is 2. The monoisotopic (exact) mass is 366 g/mol. The lowest BCUT2D eigenvalue weighted by Gasteiger charge is -2.59. The molecule has 3 nitrogen and oxygen atoms in total. The molecule has 1 aromatic carbocycles. The van der Waals surface area contributed by atoms with E-state index in [1.165, 1.54) is 17.2 Å². The van der Waals surface area contributed by atoms with E-state index in [1.54, 1.807) is 0 Å². The minimum Gasteiger partial charge on any atom is -0.423 e. The smallest absolute Gasteiger partial charge is 0.336 e. The highest BCUT2D eigenvalue weighted by atomic mass is 16.4. The molecule has 0 bridgehead atoms. The lowest BCUT2D eigenvalue weighted by atomic mass is 9.46. The van der Waals surface area contributed by atoms with Gasteiger partial charge in [-0.05, 0) is 72.5 Å². The molecule has 2 aliphatic rings. The van der Waals surface area contributed by atoms with Gasteiger partial charge >= 0.3 is 5.63 Å². The van der Waals surface area contributed by atoms with Crippen molar-refractivity contribution in [2.24, 2.45) is 22.7 Å². The maximum atomic E-state index is 11.6. The van der Waals surface area contributed by atoms with Crippen LogP contribution in [0.3, 0.4) is 0 Å². The minimum atomic E-state index is -0.309. The Kier molecular flexibility index (Phi) is 4.34. The summed E-state index contributed by atoms with van der Waals surface area (Å²) in [5.74, 6) is 0.874. The molecule has 2 saturated carbocycles. The topological polar surface area (TPSA) is 50.4 Å². The largest absolute Gasteiger partial charge is 0.423 e. The number of aliphatic hydroxyl groups is 1. The third-order valence-corrected chi connectivity index (χ3v) is 7.68. The number of benzene rings is 1. The predicted octanol–water partition coefficient (Wildman–Crippen LogP) is 5.11. The Morgan fingerprint density at radius 3 is 2.70 bits per heavy atom. The molecule has 0 spiro atoms. The van der Waals surface area contributed by atoms with Gasteiger partial charge in [-0.3, -0.25) is 0 Å². The molecule has 1 heterocycles. The Bertz CT molecular complexity index is 938. The number of hydrogen-bond donors (Lipinski definition) is 1. The minimum absolute atomic E-state index is 0.0673. The van der Waals surface area contributed by atoms with Crippen LogP contribution in [-0.2, 0) is 6.42 Å². The second-order valence-corrected chi connectivity index (χ2v) is 9.51. The molecular formula is C24H30O3. The first-order chi connectivity index (χ1) is 12.7. The van der Waals surface area contributed by atoms with Crippen LogP contribution in [0, 0.1) is 22.7 Å². The molecule has 4 rings (SSSR count). The van der Waals surface area contributed by atoms with Gasteiger partial charge in [0.25, 0.3) is 0 Å². The standard InChI is InChI=1S/C24H30O3/c1-15-5-9-20-23(2,3)21(25)11-12-24(20,4)18(15)13-16-6-7-17-8-10-22(26)27-19(17)14-16/h6-8,10,14,18,20-21,25H,1,5,9,11-13H2,2-4H3/t18-,20-,21-,24+/m1/s1. The fourth-order valence-corrected chi connectivity index (χ4v) is 6.01. The van der Waals surface area contributed by atoms with Gasteiger partial charge in [0, 0.05) is 11.5 Å². The van der Waals surface area contributed by atoms with Crippen molar-refractivity contribution in [2.45, 2.75) is 59.0 Å². The van der Waals surface area contributed by atoms with Gasteiger partial charge < -0.3 is 9.52 Å². The van der Waals surface area contributed by atoms with Gasteiger partial charge in [0.15, 0.2) is 0 Å². The number of aliphatic hydroxyl groups excluding tert-OH is 1. The van der Waals surface area contributed by atoms with Crippen molar-refractivity contribution in [1.29, 1.82) is 0 Å². The first kappa shape index (κ1) is 18.5. The van der Waals surface area contributed by atoms with Crippen molar-refractivity contribution in [2.75, 3.05) is 0 Å². The van der Waals surface area contributed by atoms with Crippen LogP contribution < -0.4 is 5.63 Å². The van der Waals surface area contributed by atoms with E-state index in [-0.39, 0.29) is 22.6 Å². The summed E-state index contributed by atoms with van der Waals surface area (Å²) in [5.41, 5.74) is 2.94. The fraction of sp³-hybridized carbons (Fsp3) is 0.542. The first-order valence-electron chi connectivity index (χ1n) is 10.1. The van der Waals surface area contributed by atoms with Crippen molar-refractivity contribution in [3.05, 3.63) is 58.5 Å². The zero-order valence-electron chi connectivity index (χ0n) is 16.6. The van der Waals surface area contributed by atoms with Crippen LogP contribution >= 0.6 is 0 Å². The molecule has 0 unspecified atom stereocenters. The molecule has 2 aliphatic carbocycles. The summed E-state index contributed by atoms with van der Waals surface area (Å²) in [4.78, 5) is 11.6. The van der Waals surface area contributed by atoms with E-state index < -0.39 is 0 Å². The molecule has 0 saturated heterocycles. The van der Waals surface area contributed by atoms with Crippen LogP contribution in [0.2, 0.25) is 0 Å². The summed E-state index contributed by atoms with van der Waals surface area (Å²) in [6.45, 7) is 11.3. The summed E-state index contributed by atoms with van der Waals surface area (Å²) >= 11 is 0. The van der Waals surface area contributed by atoms with Crippen LogP contribution in [0.1, 0.15) is 52.0 Å². The molecule has 3 heteroatoms. The van der Waals surface area contributed by atoms with Crippen molar-refractivity contribution < 1.29 is 9.52 Å². The lowest BCUT2D eigenvalue weighted by molar-refractivity contribution is -0.123. The Morgan fingerprint density at radius 2 is 1.93 bits per heavy atom. The summed E-state index contributed by atoms with van der Waals surface area (Å²) in [6.07, 6.45) is 4.72. The maximum absolute atomic E-state index is 11.6. The van der Waals surface area contributed by atoms with Gasteiger partial charge in [0.05, 0.1) is 6.10 Å². The Hall–Kier alpha value is -1.87. The summed E-state index contributed by atoms with van der Waals surface area (Å²) in [5, 5.41) is 11.6. The highest BCUT2D eigenvalue weighted by Gasteiger charge is 2.55. The second-order valence-electron chi connectivity index (χ2n) is 9.51. The third kappa shape index (κ3) is 2.97. The highest BCUT2D eigenvalue weighted by Crippen LogP contribution is 2.61. The van der Waals surface area contributed by atoms with Crippen molar-refractivity contribution >= 4 is 11.0 Å². The Labute approximate surface area is 161 Å². The van der Waals surface area contributed by atoms with E-state index in [0.717, 1.165) is 37.5 Å². The molecule has 0 amide bonds. The average Bonchev–Trinajstić information content (AvgIpc) is 2.61. The van der Waals surface area contributed by atoms with Crippen LogP contribution in [-0.4, -0.2) is 11.2 Å². The van der Waals surface area contributed by atoms with Gasteiger partial charge in [0.2, 0.25) is 0 Å². The van der Waals surface area contributed by atoms with Gasteiger partial charge in [-0.15, -0.1) is 0 Å². The van der Waals surface area contributed by atoms with Crippen LogP contribution in [0.5, 0.6) is 0 Å². The highest BCUT2D eigenvalue weighted by molar-refractivity contribution is 5.76. The van der Waals surface area contributed by atoms with Crippen molar-refractivity contribution in [1.82, 2.24) is 0 Å². The average molecular weight is 367 g/mol. The molecule has 1 aromatic heterocycles. The molecule has 4 atom stereocenters.